The van der Waals surface area contributed by atoms with Crippen LogP contribution in [0.15, 0.2) is 91.0 Å². The van der Waals surface area contributed by atoms with Crippen LogP contribution in [0.4, 0.5) is 35.1 Å². The molecule has 5 rings (SSSR count). The maximum absolute atomic E-state index is 15.3. The molecular formula is C38H30F8O2. The van der Waals surface area contributed by atoms with E-state index in [9.17, 15) is 22.0 Å². The lowest BCUT2D eigenvalue weighted by atomic mass is 9.96. The molecule has 5 aromatic carbocycles. The molecule has 5 aromatic rings. The quantitative estimate of drug-likeness (QED) is 0.0917. The van der Waals surface area contributed by atoms with Gasteiger partial charge in [0.2, 0.25) is 0 Å². The van der Waals surface area contributed by atoms with Gasteiger partial charge >= 0.3 is 6.11 Å². The van der Waals surface area contributed by atoms with E-state index in [0.717, 1.165) is 55.7 Å². The topological polar surface area (TPSA) is 18.5 Å². The Bertz CT molecular complexity index is 1830. The maximum atomic E-state index is 15.3. The molecular weight excluding hydrogens is 640 g/mol. The van der Waals surface area contributed by atoms with Crippen molar-refractivity contribution in [2.24, 2.45) is 0 Å². The third-order valence-corrected chi connectivity index (χ3v) is 7.71. The number of alkyl halides is 2. The molecule has 0 atom stereocenters. The van der Waals surface area contributed by atoms with E-state index in [1.165, 1.54) is 25.0 Å². The average molecular weight is 671 g/mol. The molecule has 0 saturated heterocycles. The molecule has 0 bridgehead atoms. The lowest BCUT2D eigenvalue weighted by Gasteiger charge is -2.20. The number of hydrogen-bond acceptors (Lipinski definition) is 2. The van der Waals surface area contributed by atoms with Gasteiger partial charge in [0.1, 0.15) is 52.0 Å². The monoisotopic (exact) mass is 670 g/mol. The highest BCUT2D eigenvalue weighted by Crippen LogP contribution is 2.39. The van der Waals surface area contributed by atoms with Gasteiger partial charge in [0.25, 0.3) is 0 Å². The third-order valence-electron chi connectivity index (χ3n) is 7.71. The van der Waals surface area contributed by atoms with Crippen LogP contribution in [0.3, 0.4) is 0 Å². The minimum absolute atomic E-state index is 0.142. The van der Waals surface area contributed by atoms with E-state index in [4.69, 9.17) is 4.74 Å². The SMILES string of the molecule is CCCCCCCOc1ccc(-c2ccc(-c3cc(F)c(-c4cc(F)c(C(F)(F)Oc5ccc(F)cc5)c(F)c4)c(F)c3)c(F)c2)cc1. The highest BCUT2D eigenvalue weighted by molar-refractivity contribution is 5.75. The van der Waals surface area contributed by atoms with Gasteiger partial charge in [-0.2, -0.15) is 8.78 Å². The van der Waals surface area contributed by atoms with Gasteiger partial charge in [0, 0.05) is 5.56 Å². The Morgan fingerprint density at radius 1 is 0.521 bits per heavy atom. The summed E-state index contributed by atoms with van der Waals surface area (Å²) in [7, 11) is 0. The third kappa shape index (κ3) is 7.98. The normalized spacial score (nSPS) is 11.5. The Morgan fingerprint density at radius 3 is 1.67 bits per heavy atom. The van der Waals surface area contributed by atoms with Gasteiger partial charge in [-0.15, -0.1) is 0 Å². The van der Waals surface area contributed by atoms with Crippen LogP contribution in [0.1, 0.15) is 44.6 Å². The molecule has 10 heteroatoms. The van der Waals surface area contributed by atoms with Crippen molar-refractivity contribution in [1.82, 2.24) is 0 Å². The van der Waals surface area contributed by atoms with Crippen LogP contribution >= 0.6 is 0 Å². The molecule has 48 heavy (non-hydrogen) atoms. The molecule has 0 aliphatic rings. The summed E-state index contributed by atoms with van der Waals surface area (Å²) in [5.74, 6) is -7.74. The van der Waals surface area contributed by atoms with Crippen molar-refractivity contribution >= 4 is 0 Å². The summed E-state index contributed by atoms with van der Waals surface area (Å²) in [4.78, 5) is 0. The molecule has 0 aromatic heterocycles. The highest BCUT2D eigenvalue weighted by atomic mass is 19.3. The van der Waals surface area contributed by atoms with Crippen LogP contribution in [0.25, 0.3) is 33.4 Å². The van der Waals surface area contributed by atoms with E-state index in [2.05, 4.69) is 11.7 Å². The fourth-order valence-corrected chi connectivity index (χ4v) is 5.27. The Balaban J connectivity index is 1.33. The molecule has 0 fully saturated rings. The van der Waals surface area contributed by atoms with Crippen LogP contribution in [-0.2, 0) is 6.11 Å². The number of ether oxygens (including phenoxy) is 2. The van der Waals surface area contributed by atoms with Gasteiger partial charge in [-0.25, -0.2) is 26.3 Å². The minimum Gasteiger partial charge on any atom is -0.494 e. The minimum atomic E-state index is -4.56. The van der Waals surface area contributed by atoms with Crippen molar-refractivity contribution in [3.8, 4) is 44.9 Å². The molecule has 2 nitrogen and oxygen atoms in total. The fourth-order valence-electron chi connectivity index (χ4n) is 5.27. The first kappa shape index (κ1) is 34.5. The molecule has 0 heterocycles. The second-order valence-electron chi connectivity index (χ2n) is 11.2. The van der Waals surface area contributed by atoms with Crippen molar-refractivity contribution in [3.63, 3.8) is 0 Å². The van der Waals surface area contributed by atoms with Crippen molar-refractivity contribution in [2.75, 3.05) is 6.61 Å². The molecule has 0 aliphatic heterocycles. The van der Waals surface area contributed by atoms with Crippen LogP contribution < -0.4 is 9.47 Å². The van der Waals surface area contributed by atoms with E-state index in [-0.39, 0.29) is 11.1 Å². The number of benzene rings is 5. The second-order valence-corrected chi connectivity index (χ2v) is 11.2. The Hall–Kier alpha value is -4.86. The van der Waals surface area contributed by atoms with Crippen molar-refractivity contribution < 1.29 is 44.6 Å². The fraction of sp³-hybridized carbons (Fsp3) is 0.211. The largest absolute Gasteiger partial charge is 0.494 e. The zero-order valence-electron chi connectivity index (χ0n) is 25.7. The molecule has 0 N–H and O–H groups in total. The van der Waals surface area contributed by atoms with Gasteiger partial charge in [-0.3, -0.25) is 0 Å². The lowest BCUT2D eigenvalue weighted by Crippen LogP contribution is -2.25. The van der Waals surface area contributed by atoms with Crippen LogP contribution in [0.2, 0.25) is 0 Å². The first-order valence-corrected chi connectivity index (χ1v) is 15.3. The maximum Gasteiger partial charge on any atom is 0.432 e. The zero-order chi connectivity index (χ0) is 34.4. The van der Waals surface area contributed by atoms with Gasteiger partial charge in [0.05, 0.1) is 12.2 Å². The van der Waals surface area contributed by atoms with E-state index >= 15 is 13.2 Å². The predicted molar refractivity (Wildman–Crippen MR) is 168 cm³/mol. The van der Waals surface area contributed by atoms with E-state index in [1.54, 1.807) is 30.3 Å². The summed E-state index contributed by atoms with van der Waals surface area (Å²) in [6.45, 7) is 2.75. The summed E-state index contributed by atoms with van der Waals surface area (Å²) in [5.41, 5.74) is -2.58. The Labute approximate surface area is 272 Å². The van der Waals surface area contributed by atoms with Crippen LogP contribution in [-0.4, -0.2) is 6.61 Å². The molecule has 0 amide bonds. The summed E-state index contributed by atoms with van der Waals surface area (Å²) in [5, 5.41) is 0. The molecule has 0 saturated carbocycles. The molecule has 0 unspecified atom stereocenters. The standard InChI is InChI=1S/C38H30F8O2/c1-2-3-4-5-6-17-47-28-12-7-23(8-13-28)24-9-16-30(31(40)18-24)25-19-32(41)36(33(42)20-25)26-21-34(43)37(35(44)22-26)38(45,46)48-29-14-10-27(39)11-15-29/h7-16,18-22H,2-6,17H2,1H3. The van der Waals surface area contributed by atoms with E-state index < -0.39 is 63.5 Å². The summed E-state index contributed by atoms with van der Waals surface area (Å²) in [6, 6.07) is 16.7. The lowest BCUT2D eigenvalue weighted by molar-refractivity contribution is -0.189. The molecule has 0 aliphatic carbocycles. The van der Waals surface area contributed by atoms with Gasteiger partial charge in [0.15, 0.2) is 0 Å². The summed E-state index contributed by atoms with van der Waals surface area (Å²) < 4.78 is 128. The number of rotatable bonds is 13. The molecule has 250 valence electrons. The number of halogens is 8. The first-order valence-electron chi connectivity index (χ1n) is 15.3. The van der Waals surface area contributed by atoms with Gasteiger partial charge in [-0.05, 0) is 95.4 Å². The van der Waals surface area contributed by atoms with Crippen molar-refractivity contribution in [3.05, 3.63) is 131 Å². The smallest absolute Gasteiger partial charge is 0.432 e. The highest BCUT2D eigenvalue weighted by Gasteiger charge is 2.41. The van der Waals surface area contributed by atoms with Gasteiger partial charge < -0.3 is 9.47 Å². The number of unbranched alkanes of at least 4 members (excludes halogenated alkanes) is 4. The van der Waals surface area contributed by atoms with Crippen LogP contribution in [0, 0.1) is 34.9 Å². The molecule has 0 radical (unpaired) electrons. The Kier molecular flexibility index (Phi) is 10.7. The predicted octanol–water partition coefficient (Wildman–Crippen LogP) is 12.0. The van der Waals surface area contributed by atoms with E-state index in [1.807, 2.05) is 0 Å². The number of hydrogen-bond donors (Lipinski definition) is 0. The Morgan fingerprint density at radius 2 is 1.06 bits per heavy atom. The van der Waals surface area contributed by atoms with Crippen LogP contribution in [0.5, 0.6) is 11.5 Å². The molecule has 0 spiro atoms. The van der Waals surface area contributed by atoms with Crippen molar-refractivity contribution in [2.45, 2.75) is 45.1 Å². The second kappa shape index (κ2) is 14.9. The first-order chi connectivity index (χ1) is 23.0. The zero-order valence-corrected chi connectivity index (χ0v) is 25.7. The summed E-state index contributed by atoms with van der Waals surface area (Å²) >= 11 is 0. The summed E-state index contributed by atoms with van der Waals surface area (Å²) in [6.07, 6.45) is 1.01. The van der Waals surface area contributed by atoms with Crippen molar-refractivity contribution in [1.29, 1.82) is 0 Å². The van der Waals surface area contributed by atoms with E-state index in [0.29, 0.717) is 35.6 Å². The average Bonchev–Trinajstić information content (AvgIpc) is 3.03. The van der Waals surface area contributed by atoms with Gasteiger partial charge in [-0.1, -0.05) is 56.9 Å².